The molecule has 13 nitrogen and oxygen atoms in total. The van der Waals surface area contributed by atoms with Crippen LogP contribution >= 0.6 is 8.25 Å². The minimum absolute atomic E-state index is 0.0390. The Morgan fingerprint density at radius 2 is 1.73 bits per heavy atom. The molecule has 3 atom stereocenters. The molecule has 3 unspecified atom stereocenters. The van der Waals surface area contributed by atoms with Crippen LogP contribution in [0.4, 0.5) is 10.5 Å². The molecule has 4 rings (SSSR count). The molecule has 0 aromatic heterocycles. The number of nitrogen functional groups attached to an aromatic ring is 1. The number of rotatable bonds is 17. The van der Waals surface area contributed by atoms with Gasteiger partial charge in [0.15, 0.2) is 0 Å². The quantitative estimate of drug-likeness (QED) is 0.0919. The molecule has 0 spiro atoms. The Labute approximate surface area is 289 Å². The molecule has 0 aliphatic carbocycles. The summed E-state index contributed by atoms with van der Waals surface area (Å²) >= 11 is 0. The van der Waals surface area contributed by atoms with E-state index in [2.05, 4.69) is 10.6 Å². The van der Waals surface area contributed by atoms with Crippen LogP contribution < -0.4 is 16.4 Å². The van der Waals surface area contributed by atoms with E-state index in [1.54, 1.807) is 4.90 Å². The Hall–Kier alpha value is -3.52. The fourth-order valence-electron chi connectivity index (χ4n) is 5.80. The number of nitrogens with one attached hydrogen (secondary N) is 2. The number of unbranched alkanes of at least 4 members (excludes halogenated alkanes) is 1. The zero-order valence-electron chi connectivity index (χ0n) is 28.0. The zero-order valence-corrected chi connectivity index (χ0v) is 29.9. The van der Waals surface area contributed by atoms with Gasteiger partial charge < -0.3 is 35.4 Å². The van der Waals surface area contributed by atoms with E-state index < -0.39 is 30.4 Å². The molecule has 0 saturated carbocycles. The van der Waals surface area contributed by atoms with Gasteiger partial charge in [0, 0.05) is 44.3 Å². The van der Waals surface area contributed by atoms with Crippen LogP contribution in [0.2, 0.25) is 0 Å². The van der Waals surface area contributed by atoms with Crippen molar-refractivity contribution in [1.29, 1.82) is 0 Å². The summed E-state index contributed by atoms with van der Waals surface area (Å²) in [6.45, 7) is 5.71. The van der Waals surface area contributed by atoms with Gasteiger partial charge in [-0.15, -0.1) is 0 Å². The van der Waals surface area contributed by atoms with Gasteiger partial charge >= 0.3 is 14.3 Å². The molecule has 5 N–H and O–H groups in total. The summed E-state index contributed by atoms with van der Waals surface area (Å²) in [5, 5.41) is 7.91. The summed E-state index contributed by atoms with van der Waals surface area (Å²) in [5.41, 5.74) is 7.13. The van der Waals surface area contributed by atoms with Crippen LogP contribution in [0.15, 0.2) is 71.6 Å². The first-order valence-corrected chi connectivity index (χ1v) is 19.3. The first kappa shape index (κ1) is 38.3. The Morgan fingerprint density at radius 3 is 2.43 bits per heavy atom. The SMILES string of the molecule is CC(C)CN(C(CCCCNC(=O)C(Cc1cccc2ccccc12)NC(=O)N1CCOCC1)CO[PH](=O)O)S(=O)(=O)c1ccc(N)cc1. The van der Waals surface area contributed by atoms with E-state index in [1.807, 2.05) is 56.3 Å². The molecule has 1 aliphatic rings. The number of carbonyl (C=O) groups excluding carboxylic acids is 2. The molecule has 1 saturated heterocycles. The number of benzene rings is 3. The van der Waals surface area contributed by atoms with Crippen molar-refractivity contribution in [2.75, 3.05) is 51.7 Å². The Kier molecular flexibility index (Phi) is 14.4. The van der Waals surface area contributed by atoms with E-state index in [9.17, 15) is 27.5 Å². The maximum absolute atomic E-state index is 13.7. The van der Waals surface area contributed by atoms with Crippen LogP contribution in [0.3, 0.4) is 0 Å². The number of hydrogen-bond donors (Lipinski definition) is 4. The highest BCUT2D eigenvalue weighted by Crippen LogP contribution is 2.26. The lowest BCUT2D eigenvalue weighted by molar-refractivity contribution is -0.123. The van der Waals surface area contributed by atoms with E-state index in [0.717, 1.165) is 16.3 Å². The van der Waals surface area contributed by atoms with Crippen LogP contribution in [0.25, 0.3) is 10.8 Å². The second-order valence-corrected chi connectivity index (χ2v) is 15.2. The average molecular weight is 718 g/mol. The molecule has 268 valence electrons. The van der Waals surface area contributed by atoms with Gasteiger partial charge in [-0.05, 0) is 59.4 Å². The van der Waals surface area contributed by atoms with Gasteiger partial charge in [-0.2, -0.15) is 4.31 Å². The molecule has 1 aliphatic heterocycles. The molecule has 0 bridgehead atoms. The Bertz CT molecular complexity index is 1660. The number of carbonyl (C=O) groups is 2. The standard InChI is InChI=1S/C34H48N5O8PS/c1-25(2)23-39(49(44,45)30-15-13-28(35)14-16-30)29(24-47-48(42)43)11-5-6-17-36-33(40)32(37-34(41)38-18-20-46-21-19-38)22-27-10-7-9-26-8-3-4-12-31(26)27/h3-4,7-10,12-16,25,29,32,48H,5-6,11,17-24,35H2,1-2H3,(H,36,40)(H,37,41)(H,42,43). The van der Waals surface area contributed by atoms with Gasteiger partial charge in [-0.3, -0.25) is 9.36 Å². The number of hydrogen-bond acceptors (Lipinski definition) is 8. The number of morpholine rings is 1. The Balaban J connectivity index is 1.43. The number of nitrogens with zero attached hydrogens (tertiary/aromatic N) is 2. The second-order valence-electron chi connectivity index (χ2n) is 12.5. The van der Waals surface area contributed by atoms with Crippen molar-refractivity contribution in [3.8, 4) is 0 Å². The monoisotopic (exact) mass is 717 g/mol. The minimum Gasteiger partial charge on any atom is -0.399 e. The van der Waals surface area contributed by atoms with Crippen molar-refractivity contribution in [1.82, 2.24) is 19.8 Å². The Morgan fingerprint density at radius 1 is 1.04 bits per heavy atom. The molecule has 49 heavy (non-hydrogen) atoms. The van der Waals surface area contributed by atoms with Gasteiger partial charge in [0.2, 0.25) is 15.9 Å². The largest absolute Gasteiger partial charge is 0.399 e. The second kappa shape index (κ2) is 18.5. The maximum atomic E-state index is 13.7. The van der Waals surface area contributed by atoms with Gasteiger partial charge in [0.1, 0.15) is 6.04 Å². The van der Waals surface area contributed by atoms with Crippen LogP contribution in [-0.2, 0) is 35.1 Å². The van der Waals surface area contributed by atoms with E-state index >= 15 is 0 Å². The molecule has 3 aromatic rings. The topological polar surface area (TPSA) is 181 Å². The van der Waals surface area contributed by atoms with Gasteiger partial charge in [0.25, 0.3) is 0 Å². The number of nitrogens with two attached hydrogens (primary N) is 1. The lowest BCUT2D eigenvalue weighted by Crippen LogP contribution is -2.54. The maximum Gasteiger partial charge on any atom is 0.318 e. The van der Waals surface area contributed by atoms with Crippen molar-refractivity contribution >= 4 is 46.7 Å². The fraction of sp³-hybridized carbons (Fsp3) is 0.471. The molecule has 15 heteroatoms. The molecule has 3 amide bonds. The number of sulfonamides is 1. The van der Waals surface area contributed by atoms with Gasteiger partial charge in [0.05, 0.1) is 24.7 Å². The molecule has 0 radical (unpaired) electrons. The summed E-state index contributed by atoms with van der Waals surface area (Å²) in [6.07, 6.45) is 1.59. The average Bonchev–Trinajstić information content (AvgIpc) is 3.08. The molecular weight excluding hydrogens is 669 g/mol. The van der Waals surface area contributed by atoms with Crippen LogP contribution in [0.1, 0.15) is 38.7 Å². The lowest BCUT2D eigenvalue weighted by atomic mass is 9.98. The van der Waals surface area contributed by atoms with Gasteiger partial charge in [-0.25, -0.2) is 13.2 Å². The van der Waals surface area contributed by atoms with Crippen LogP contribution in [0, 0.1) is 5.92 Å². The number of anilines is 1. The van der Waals surface area contributed by atoms with Crippen molar-refractivity contribution in [3.63, 3.8) is 0 Å². The van der Waals surface area contributed by atoms with E-state index in [4.69, 9.17) is 15.0 Å². The summed E-state index contributed by atoms with van der Waals surface area (Å²) in [5.74, 6) is -0.372. The normalized spacial score (nSPS) is 15.7. The fourth-order valence-corrected chi connectivity index (χ4v) is 7.94. The predicted octanol–water partition coefficient (Wildman–Crippen LogP) is 3.78. The number of amides is 3. The summed E-state index contributed by atoms with van der Waals surface area (Å²) in [4.78, 5) is 37.8. The third kappa shape index (κ3) is 11.2. The van der Waals surface area contributed by atoms with Crippen molar-refractivity contribution in [2.45, 2.75) is 56.5 Å². The zero-order chi connectivity index (χ0) is 35.4. The van der Waals surface area contributed by atoms with Crippen molar-refractivity contribution in [3.05, 3.63) is 72.3 Å². The molecular formula is C34H48N5O8PS. The molecule has 1 heterocycles. The van der Waals surface area contributed by atoms with Crippen LogP contribution in [-0.4, -0.2) is 92.5 Å². The first-order valence-electron chi connectivity index (χ1n) is 16.6. The highest BCUT2D eigenvalue weighted by Gasteiger charge is 2.32. The summed E-state index contributed by atoms with van der Waals surface area (Å²) in [7, 11) is -7.30. The third-order valence-electron chi connectivity index (χ3n) is 8.32. The van der Waals surface area contributed by atoms with Gasteiger partial charge in [-0.1, -0.05) is 62.7 Å². The minimum atomic E-state index is -3.99. The first-order chi connectivity index (χ1) is 23.5. The number of fused-ring (bicyclic) bond motifs is 1. The number of ether oxygens (including phenoxy) is 1. The predicted molar refractivity (Wildman–Crippen MR) is 190 cm³/mol. The van der Waals surface area contributed by atoms with Crippen molar-refractivity contribution < 1.29 is 36.7 Å². The molecule has 3 aromatic carbocycles. The highest BCUT2D eigenvalue weighted by molar-refractivity contribution is 7.89. The lowest BCUT2D eigenvalue weighted by Gasteiger charge is -2.32. The van der Waals surface area contributed by atoms with E-state index in [0.29, 0.717) is 51.3 Å². The van der Waals surface area contributed by atoms with E-state index in [-0.39, 0.29) is 48.9 Å². The third-order valence-corrected chi connectivity index (χ3v) is 10.7. The number of urea groups is 1. The van der Waals surface area contributed by atoms with Crippen molar-refractivity contribution in [2.24, 2.45) is 5.92 Å². The van der Waals surface area contributed by atoms with E-state index in [1.165, 1.54) is 28.6 Å². The smallest absolute Gasteiger partial charge is 0.318 e. The molecule has 1 fully saturated rings. The van der Waals surface area contributed by atoms with Crippen LogP contribution in [0.5, 0.6) is 0 Å². The summed E-state index contributed by atoms with van der Waals surface area (Å²) in [6, 6.07) is 17.8. The summed E-state index contributed by atoms with van der Waals surface area (Å²) < 4.78 is 50.8. The highest BCUT2D eigenvalue weighted by atomic mass is 32.2.